The average molecular weight is 567 g/mol. The van der Waals surface area contributed by atoms with Crippen LogP contribution in [0, 0.1) is 0 Å². The Morgan fingerprint density at radius 1 is 1.11 bits per heavy atom. The summed E-state index contributed by atoms with van der Waals surface area (Å²) in [5.41, 5.74) is 3.89. The topological polar surface area (TPSA) is 60.3 Å². The highest BCUT2D eigenvalue weighted by Crippen LogP contribution is 2.39. The lowest BCUT2D eigenvalue weighted by Gasteiger charge is -2.12. The molecule has 1 aliphatic rings. The van der Waals surface area contributed by atoms with Crippen molar-refractivity contribution < 1.29 is 14.3 Å². The minimum atomic E-state index is -0.360. The molecule has 0 radical (unpaired) electrons. The largest absolute Gasteiger partial charge is 0.462 e. The van der Waals surface area contributed by atoms with Gasteiger partial charge in [0, 0.05) is 38.4 Å². The van der Waals surface area contributed by atoms with Crippen LogP contribution in [0.2, 0.25) is 5.02 Å². The number of benzene rings is 2. The highest BCUT2D eigenvalue weighted by atomic mass is 35.5. The van der Waals surface area contributed by atoms with Gasteiger partial charge in [-0.2, -0.15) is 0 Å². The molecule has 5 rings (SSSR count). The molecule has 1 aliphatic carbocycles. The zero-order chi connectivity index (χ0) is 26.6. The number of nitrogens with zero attached hydrogens (tertiary/aromatic N) is 1. The molecule has 8 heteroatoms. The number of hydrogen-bond donors (Lipinski definition) is 1. The van der Waals surface area contributed by atoms with E-state index in [1.54, 1.807) is 0 Å². The maximum absolute atomic E-state index is 13.4. The fourth-order valence-electron chi connectivity index (χ4n) is 4.93. The first kappa shape index (κ1) is 26.9. The predicted octanol–water partition coefficient (Wildman–Crippen LogP) is 7.97. The average Bonchev–Trinajstić information content (AvgIpc) is 3.33. The molecule has 0 saturated heterocycles. The van der Waals surface area contributed by atoms with Gasteiger partial charge < -0.3 is 14.6 Å². The number of carbonyl (C=O) groups is 2. The van der Waals surface area contributed by atoms with Crippen molar-refractivity contribution in [2.45, 2.75) is 62.6 Å². The molecular formula is C30H31ClN2O3S2. The Bertz CT molecular complexity index is 1460. The molecule has 0 aliphatic heterocycles. The molecule has 0 fully saturated rings. The molecule has 2 heterocycles. The molecule has 2 aromatic carbocycles. The standard InChI is InChI=1S/C30H31ClN2O3S2/c1-3-36-30(35)27-23-10-5-4-6-12-25(23)38-29(27)32-28(34)19(2)37-26-18-33(24-11-8-7-9-22(24)26)17-20-13-15-21(31)16-14-20/h7-9,11,13-16,18-19H,3-6,10,12,17H2,1-2H3,(H,32,34). The molecule has 1 amide bonds. The lowest BCUT2D eigenvalue weighted by Crippen LogP contribution is -2.23. The Morgan fingerprint density at radius 2 is 1.87 bits per heavy atom. The van der Waals surface area contributed by atoms with Crippen LogP contribution in [0.25, 0.3) is 10.9 Å². The van der Waals surface area contributed by atoms with Crippen molar-refractivity contribution in [1.29, 1.82) is 0 Å². The number of hydrogen-bond acceptors (Lipinski definition) is 5. The second-order valence-corrected chi connectivity index (χ2v) is 12.4. The quantitative estimate of drug-likeness (QED) is 0.133. The van der Waals surface area contributed by atoms with Gasteiger partial charge in [0.15, 0.2) is 0 Å². The minimum absolute atomic E-state index is 0.119. The van der Waals surface area contributed by atoms with Gasteiger partial charge in [0.1, 0.15) is 5.00 Å². The van der Waals surface area contributed by atoms with Gasteiger partial charge in [0.05, 0.1) is 17.4 Å². The minimum Gasteiger partial charge on any atom is -0.462 e. The summed E-state index contributed by atoms with van der Waals surface area (Å²) in [4.78, 5) is 28.5. The second-order valence-electron chi connectivity index (χ2n) is 9.50. The van der Waals surface area contributed by atoms with Crippen LogP contribution in [0.4, 0.5) is 5.00 Å². The van der Waals surface area contributed by atoms with Crippen LogP contribution in [0.15, 0.2) is 59.6 Å². The number of aromatic nitrogens is 1. The summed E-state index contributed by atoms with van der Waals surface area (Å²) >= 11 is 9.13. The lowest BCUT2D eigenvalue weighted by molar-refractivity contribution is -0.115. The Hall–Kier alpha value is -2.74. The normalized spacial score (nSPS) is 14.1. The Morgan fingerprint density at radius 3 is 2.66 bits per heavy atom. The van der Waals surface area contributed by atoms with Gasteiger partial charge >= 0.3 is 5.97 Å². The summed E-state index contributed by atoms with van der Waals surface area (Å²) in [6, 6.07) is 16.1. The molecular weight excluding hydrogens is 536 g/mol. The van der Waals surface area contributed by atoms with Gasteiger partial charge in [-0.15, -0.1) is 23.1 Å². The van der Waals surface area contributed by atoms with Gasteiger partial charge in [-0.05, 0) is 68.9 Å². The highest BCUT2D eigenvalue weighted by molar-refractivity contribution is 8.00. The number of thiophene rings is 1. The molecule has 0 bridgehead atoms. The number of carbonyl (C=O) groups excluding carboxylic acids is 2. The van der Waals surface area contributed by atoms with Gasteiger partial charge in [-0.25, -0.2) is 4.79 Å². The summed E-state index contributed by atoms with van der Waals surface area (Å²) < 4.78 is 7.59. The number of ether oxygens (including phenoxy) is 1. The molecule has 1 atom stereocenters. The summed E-state index contributed by atoms with van der Waals surface area (Å²) in [5.74, 6) is -0.459. The van der Waals surface area contributed by atoms with E-state index in [2.05, 4.69) is 28.2 Å². The number of esters is 1. The van der Waals surface area contributed by atoms with Crippen molar-refractivity contribution in [2.75, 3.05) is 11.9 Å². The van der Waals surface area contributed by atoms with E-state index in [0.29, 0.717) is 23.7 Å². The van der Waals surface area contributed by atoms with Crippen molar-refractivity contribution in [3.63, 3.8) is 0 Å². The van der Waals surface area contributed by atoms with Crippen molar-refractivity contribution in [2.24, 2.45) is 0 Å². The maximum atomic E-state index is 13.4. The molecule has 1 unspecified atom stereocenters. The highest BCUT2D eigenvalue weighted by Gasteiger charge is 2.28. The third-order valence-electron chi connectivity index (χ3n) is 6.83. The van der Waals surface area contributed by atoms with Gasteiger partial charge in [0.2, 0.25) is 5.91 Å². The first-order chi connectivity index (χ1) is 18.4. The van der Waals surface area contributed by atoms with Crippen LogP contribution in [0.3, 0.4) is 0 Å². The van der Waals surface area contributed by atoms with Crippen LogP contribution in [0.1, 0.15) is 59.5 Å². The van der Waals surface area contributed by atoms with Crippen molar-refractivity contribution in [3.05, 3.63) is 81.3 Å². The van der Waals surface area contributed by atoms with Gasteiger partial charge in [-0.1, -0.05) is 48.4 Å². The predicted molar refractivity (Wildman–Crippen MR) is 158 cm³/mol. The van der Waals surface area contributed by atoms with Crippen molar-refractivity contribution in [3.8, 4) is 0 Å². The zero-order valence-electron chi connectivity index (χ0n) is 21.6. The van der Waals surface area contributed by atoms with E-state index in [0.717, 1.165) is 64.1 Å². The molecule has 5 nitrogen and oxygen atoms in total. The van der Waals surface area contributed by atoms with Crippen LogP contribution in [-0.2, 0) is 28.9 Å². The number of fused-ring (bicyclic) bond motifs is 2. The Kier molecular flexibility index (Phi) is 8.46. The molecule has 0 spiro atoms. The number of amides is 1. The first-order valence-electron chi connectivity index (χ1n) is 13.1. The molecule has 198 valence electrons. The van der Waals surface area contributed by atoms with Gasteiger partial charge in [0.25, 0.3) is 0 Å². The smallest absolute Gasteiger partial charge is 0.341 e. The zero-order valence-corrected chi connectivity index (χ0v) is 24.0. The molecule has 38 heavy (non-hydrogen) atoms. The fourth-order valence-corrected chi connectivity index (χ4v) is 7.37. The second kappa shape index (κ2) is 12.0. The van der Waals surface area contributed by atoms with E-state index in [9.17, 15) is 9.59 Å². The van der Waals surface area contributed by atoms with Crippen molar-refractivity contribution in [1.82, 2.24) is 4.57 Å². The van der Waals surface area contributed by atoms with Crippen LogP contribution >= 0.6 is 34.7 Å². The van der Waals surface area contributed by atoms with Crippen LogP contribution < -0.4 is 5.32 Å². The van der Waals surface area contributed by atoms with E-state index in [1.165, 1.54) is 28.0 Å². The third kappa shape index (κ3) is 5.80. The van der Waals surface area contributed by atoms with Gasteiger partial charge in [-0.3, -0.25) is 4.79 Å². The Balaban J connectivity index is 1.37. The maximum Gasteiger partial charge on any atom is 0.341 e. The number of aryl methyl sites for hydroxylation is 1. The van der Waals surface area contributed by atoms with E-state index in [4.69, 9.17) is 16.3 Å². The number of anilines is 1. The van der Waals surface area contributed by atoms with Crippen molar-refractivity contribution >= 4 is 62.5 Å². The van der Waals surface area contributed by atoms with E-state index in [-0.39, 0.29) is 17.1 Å². The Labute approximate surface area is 236 Å². The summed E-state index contributed by atoms with van der Waals surface area (Å²) in [6.45, 7) is 4.74. The number of para-hydroxylation sites is 1. The molecule has 2 aromatic heterocycles. The summed E-state index contributed by atoms with van der Waals surface area (Å²) in [6.07, 6.45) is 7.23. The summed E-state index contributed by atoms with van der Waals surface area (Å²) in [5, 5.41) is 5.18. The lowest BCUT2D eigenvalue weighted by atomic mass is 10.1. The van der Waals surface area contributed by atoms with Crippen LogP contribution in [0.5, 0.6) is 0 Å². The molecule has 1 N–H and O–H groups in total. The number of rotatable bonds is 8. The van der Waals surface area contributed by atoms with Crippen LogP contribution in [-0.4, -0.2) is 28.3 Å². The molecule has 4 aromatic rings. The van der Waals surface area contributed by atoms with E-state index >= 15 is 0 Å². The number of thioether (sulfide) groups is 1. The third-order valence-corrected chi connectivity index (χ3v) is 9.43. The monoisotopic (exact) mass is 566 g/mol. The molecule has 0 saturated carbocycles. The first-order valence-corrected chi connectivity index (χ1v) is 15.1. The SMILES string of the molecule is CCOC(=O)c1c(NC(=O)C(C)Sc2cn(Cc3ccc(Cl)cc3)c3ccccc23)sc2c1CCCCC2. The summed E-state index contributed by atoms with van der Waals surface area (Å²) in [7, 11) is 0. The fraction of sp³-hybridized carbons (Fsp3) is 0.333. The number of nitrogens with one attached hydrogen (secondary N) is 1. The number of halogens is 1. The van der Waals surface area contributed by atoms with E-state index < -0.39 is 0 Å². The van der Waals surface area contributed by atoms with E-state index in [1.807, 2.05) is 50.2 Å².